The third-order valence-corrected chi connectivity index (χ3v) is 3.71. The summed E-state index contributed by atoms with van der Waals surface area (Å²) in [6.07, 6.45) is -0.164. The Bertz CT molecular complexity index is 570. The van der Waals surface area contributed by atoms with Crippen molar-refractivity contribution in [3.05, 3.63) is 64.7 Å². The second-order valence-electron chi connectivity index (χ2n) is 6.17. The van der Waals surface area contributed by atoms with Crippen molar-refractivity contribution < 1.29 is 4.74 Å². The lowest BCUT2D eigenvalue weighted by molar-refractivity contribution is 0.214. The fourth-order valence-corrected chi connectivity index (χ4v) is 2.25. The lowest BCUT2D eigenvalue weighted by Crippen LogP contribution is -2.18. The van der Waals surface area contributed by atoms with Crippen molar-refractivity contribution in [2.24, 2.45) is 5.73 Å². The van der Waals surface area contributed by atoms with E-state index in [9.17, 15) is 0 Å². The van der Waals surface area contributed by atoms with E-state index in [-0.39, 0.29) is 11.5 Å². The second kappa shape index (κ2) is 6.50. The summed E-state index contributed by atoms with van der Waals surface area (Å²) >= 11 is 5.91. The molecule has 0 saturated heterocycles. The Morgan fingerprint density at radius 1 is 1.00 bits per heavy atom. The molecule has 0 spiro atoms. The minimum absolute atomic E-state index is 0.141. The Labute approximate surface area is 131 Å². The van der Waals surface area contributed by atoms with Crippen molar-refractivity contribution in [2.45, 2.75) is 32.3 Å². The zero-order valence-corrected chi connectivity index (χ0v) is 13.5. The molecule has 0 aliphatic carbocycles. The molecule has 0 bridgehead atoms. The number of hydrogen-bond acceptors (Lipinski definition) is 2. The molecule has 2 aromatic carbocycles. The van der Waals surface area contributed by atoms with Gasteiger partial charge in [0, 0.05) is 11.6 Å². The van der Waals surface area contributed by atoms with Crippen LogP contribution < -0.4 is 10.5 Å². The Hall–Kier alpha value is -1.51. The summed E-state index contributed by atoms with van der Waals surface area (Å²) < 4.78 is 5.99. The highest BCUT2D eigenvalue weighted by atomic mass is 35.5. The van der Waals surface area contributed by atoms with E-state index in [1.165, 1.54) is 5.56 Å². The van der Waals surface area contributed by atoms with Crippen molar-refractivity contribution in [3.8, 4) is 5.75 Å². The average molecular weight is 304 g/mol. The normalized spacial score (nSPS) is 13.0. The number of ether oxygens (including phenoxy) is 1. The van der Waals surface area contributed by atoms with Gasteiger partial charge in [0.15, 0.2) is 0 Å². The van der Waals surface area contributed by atoms with Gasteiger partial charge >= 0.3 is 0 Å². The molecule has 2 rings (SSSR count). The topological polar surface area (TPSA) is 35.2 Å². The average Bonchev–Trinajstić information content (AvgIpc) is 2.45. The molecule has 0 aliphatic rings. The minimum Gasteiger partial charge on any atom is -0.484 e. The summed E-state index contributed by atoms with van der Waals surface area (Å²) in [6, 6.07) is 15.8. The van der Waals surface area contributed by atoms with Crippen LogP contribution in [0.4, 0.5) is 0 Å². The zero-order chi connectivity index (χ0) is 15.5. The third kappa shape index (κ3) is 4.23. The van der Waals surface area contributed by atoms with Crippen LogP contribution in [0.25, 0.3) is 0 Å². The van der Waals surface area contributed by atoms with Gasteiger partial charge in [-0.2, -0.15) is 0 Å². The number of hydrogen-bond donors (Lipinski definition) is 1. The maximum Gasteiger partial charge on any atom is 0.136 e. The second-order valence-corrected chi connectivity index (χ2v) is 6.60. The Kier molecular flexibility index (Phi) is 4.92. The van der Waals surface area contributed by atoms with Crippen molar-refractivity contribution in [1.82, 2.24) is 0 Å². The molecule has 112 valence electrons. The van der Waals surface area contributed by atoms with Crippen molar-refractivity contribution in [3.63, 3.8) is 0 Å². The van der Waals surface area contributed by atoms with Crippen LogP contribution in [0.5, 0.6) is 5.75 Å². The van der Waals surface area contributed by atoms with Gasteiger partial charge in [0.1, 0.15) is 11.9 Å². The first-order valence-corrected chi connectivity index (χ1v) is 7.50. The van der Waals surface area contributed by atoms with Crippen LogP contribution in [-0.2, 0) is 5.41 Å². The molecule has 1 unspecified atom stereocenters. The molecule has 0 radical (unpaired) electrons. The fraction of sp³-hybridized carbons (Fsp3) is 0.333. The van der Waals surface area contributed by atoms with Gasteiger partial charge in [0.25, 0.3) is 0 Å². The summed E-state index contributed by atoms with van der Waals surface area (Å²) in [5.74, 6) is 0.827. The van der Waals surface area contributed by atoms with E-state index in [1.54, 1.807) is 0 Å². The van der Waals surface area contributed by atoms with Gasteiger partial charge in [-0.1, -0.05) is 56.6 Å². The maximum atomic E-state index is 5.99. The van der Waals surface area contributed by atoms with E-state index >= 15 is 0 Å². The number of benzene rings is 2. The molecule has 2 aromatic rings. The van der Waals surface area contributed by atoms with Gasteiger partial charge in [-0.25, -0.2) is 0 Å². The molecule has 21 heavy (non-hydrogen) atoms. The molecule has 2 nitrogen and oxygen atoms in total. The molecule has 0 aromatic heterocycles. The zero-order valence-electron chi connectivity index (χ0n) is 12.8. The highest BCUT2D eigenvalue weighted by Crippen LogP contribution is 2.27. The summed E-state index contributed by atoms with van der Waals surface area (Å²) in [4.78, 5) is 0. The predicted molar refractivity (Wildman–Crippen MR) is 89.0 cm³/mol. The van der Waals surface area contributed by atoms with Crippen molar-refractivity contribution >= 4 is 11.6 Å². The number of rotatable bonds is 4. The van der Waals surface area contributed by atoms with Crippen LogP contribution in [-0.4, -0.2) is 6.54 Å². The molecule has 0 heterocycles. The van der Waals surface area contributed by atoms with E-state index in [4.69, 9.17) is 22.1 Å². The summed E-state index contributed by atoms with van der Waals surface area (Å²) in [6.45, 7) is 7.00. The van der Waals surface area contributed by atoms with Crippen LogP contribution in [0.3, 0.4) is 0 Å². The van der Waals surface area contributed by atoms with Gasteiger partial charge in [0.2, 0.25) is 0 Å². The Morgan fingerprint density at radius 2 is 1.57 bits per heavy atom. The summed E-state index contributed by atoms with van der Waals surface area (Å²) in [7, 11) is 0. The van der Waals surface area contributed by atoms with Crippen LogP contribution in [0.2, 0.25) is 5.02 Å². The minimum atomic E-state index is -0.164. The van der Waals surface area contributed by atoms with Gasteiger partial charge < -0.3 is 10.5 Å². The van der Waals surface area contributed by atoms with Crippen LogP contribution >= 0.6 is 11.6 Å². The summed E-state index contributed by atoms with van der Waals surface area (Å²) in [5.41, 5.74) is 8.29. The van der Waals surface area contributed by atoms with Crippen LogP contribution in [0.1, 0.15) is 38.0 Å². The predicted octanol–water partition coefficient (Wildman–Crippen LogP) is 4.72. The molecule has 3 heteroatoms. The van der Waals surface area contributed by atoms with Crippen molar-refractivity contribution in [1.29, 1.82) is 0 Å². The number of nitrogens with two attached hydrogens (primary N) is 1. The largest absolute Gasteiger partial charge is 0.484 e. The van der Waals surface area contributed by atoms with E-state index < -0.39 is 0 Å². The van der Waals surface area contributed by atoms with Gasteiger partial charge in [-0.15, -0.1) is 0 Å². The standard InChI is InChI=1S/C18H22ClNO/c1-18(2,3)14-6-10-16(11-7-14)21-17(12-20)13-4-8-15(19)9-5-13/h4-11,17H,12,20H2,1-3H3. The molecule has 0 amide bonds. The Morgan fingerprint density at radius 3 is 2.05 bits per heavy atom. The SMILES string of the molecule is CC(C)(C)c1ccc(OC(CN)c2ccc(Cl)cc2)cc1. The lowest BCUT2D eigenvalue weighted by Gasteiger charge is -2.21. The first-order chi connectivity index (χ1) is 9.90. The monoisotopic (exact) mass is 303 g/mol. The Balaban J connectivity index is 2.13. The van der Waals surface area contributed by atoms with Crippen LogP contribution in [0, 0.1) is 0 Å². The van der Waals surface area contributed by atoms with Gasteiger partial charge in [-0.3, -0.25) is 0 Å². The maximum absolute atomic E-state index is 5.99. The molecule has 1 atom stereocenters. The van der Waals surface area contributed by atoms with E-state index in [0.717, 1.165) is 11.3 Å². The van der Waals surface area contributed by atoms with Gasteiger partial charge in [-0.05, 0) is 40.8 Å². The highest BCUT2D eigenvalue weighted by Gasteiger charge is 2.15. The quantitative estimate of drug-likeness (QED) is 0.887. The molecular weight excluding hydrogens is 282 g/mol. The van der Waals surface area contributed by atoms with Gasteiger partial charge in [0.05, 0.1) is 0 Å². The molecule has 0 aliphatic heterocycles. The van der Waals surface area contributed by atoms with Crippen LogP contribution in [0.15, 0.2) is 48.5 Å². The van der Waals surface area contributed by atoms with E-state index in [0.29, 0.717) is 11.6 Å². The van der Waals surface area contributed by atoms with E-state index in [2.05, 4.69) is 32.9 Å². The first-order valence-electron chi connectivity index (χ1n) is 7.13. The molecular formula is C18H22ClNO. The fourth-order valence-electron chi connectivity index (χ4n) is 2.13. The molecule has 0 saturated carbocycles. The van der Waals surface area contributed by atoms with E-state index in [1.807, 2.05) is 36.4 Å². The smallest absolute Gasteiger partial charge is 0.136 e. The van der Waals surface area contributed by atoms with Crippen molar-refractivity contribution in [2.75, 3.05) is 6.54 Å². The number of halogens is 1. The molecule has 0 fully saturated rings. The summed E-state index contributed by atoms with van der Waals surface area (Å²) in [5, 5.41) is 0.712. The highest BCUT2D eigenvalue weighted by molar-refractivity contribution is 6.30. The third-order valence-electron chi connectivity index (χ3n) is 3.45. The lowest BCUT2D eigenvalue weighted by atomic mass is 9.87. The first kappa shape index (κ1) is 15.9. The molecule has 2 N–H and O–H groups in total.